The number of hydrogen-bond acceptors (Lipinski definition) is 4. The number of carbonyl (C=O) groups excluding carboxylic acids is 1. The lowest BCUT2D eigenvalue weighted by atomic mass is 9.95. The fraction of sp³-hybridized carbons (Fsp3) is 0.304. The number of rotatable bonds is 5. The Labute approximate surface area is 175 Å². The van der Waals surface area contributed by atoms with Crippen LogP contribution in [0.25, 0.3) is 11.1 Å². The van der Waals surface area contributed by atoms with Crippen LogP contribution < -0.4 is 9.64 Å². The Hall–Kier alpha value is -2.79. The van der Waals surface area contributed by atoms with Crippen molar-refractivity contribution in [2.45, 2.75) is 32.8 Å². The molecule has 0 amide bonds. The summed E-state index contributed by atoms with van der Waals surface area (Å²) in [6, 6.07) is 13.4. The number of benzene rings is 2. The molecule has 5 nitrogen and oxygen atoms in total. The third kappa shape index (κ3) is 4.01. The molecule has 0 saturated carbocycles. The molecule has 0 radical (unpaired) electrons. The van der Waals surface area contributed by atoms with Gasteiger partial charge in [-0.1, -0.05) is 23.7 Å². The van der Waals surface area contributed by atoms with Crippen LogP contribution in [0.2, 0.25) is 5.02 Å². The summed E-state index contributed by atoms with van der Waals surface area (Å²) in [7, 11) is 0. The molecule has 0 spiro atoms. The van der Waals surface area contributed by atoms with Gasteiger partial charge in [-0.25, -0.2) is 0 Å². The predicted molar refractivity (Wildman–Crippen MR) is 116 cm³/mol. The molecule has 150 valence electrons. The average Bonchev–Trinajstić information content (AvgIpc) is 3.07. The maximum absolute atomic E-state index is 11.8. The molecule has 1 saturated heterocycles. The highest BCUT2D eigenvalue weighted by molar-refractivity contribution is 6.30. The molecule has 0 aliphatic carbocycles. The lowest BCUT2D eigenvalue weighted by Gasteiger charge is -2.35. The van der Waals surface area contributed by atoms with Crippen molar-refractivity contribution in [1.29, 1.82) is 0 Å². The van der Waals surface area contributed by atoms with Crippen molar-refractivity contribution in [3.05, 3.63) is 64.4 Å². The van der Waals surface area contributed by atoms with Crippen LogP contribution in [0.4, 0.5) is 5.69 Å². The summed E-state index contributed by atoms with van der Waals surface area (Å²) in [6.45, 7) is 5.69. The highest BCUT2D eigenvalue weighted by atomic mass is 35.5. The Balaban J connectivity index is 1.56. The third-order valence-electron chi connectivity index (χ3n) is 5.48. The zero-order chi connectivity index (χ0) is 20.4. The summed E-state index contributed by atoms with van der Waals surface area (Å²) < 4.78 is 6.12. The first-order valence-corrected chi connectivity index (χ1v) is 10.2. The zero-order valence-corrected chi connectivity index (χ0v) is 17.4. The number of aryl methyl sites for hydroxylation is 2. The summed E-state index contributed by atoms with van der Waals surface area (Å²) in [6.07, 6.45) is 2.93. The van der Waals surface area contributed by atoms with Crippen LogP contribution in [0.1, 0.15) is 34.6 Å². The van der Waals surface area contributed by atoms with Crippen LogP contribution >= 0.6 is 11.6 Å². The Kier molecular flexibility index (Phi) is 5.58. The minimum absolute atomic E-state index is 0.169. The molecule has 3 aromatic rings. The Morgan fingerprint density at radius 1 is 1.10 bits per heavy atom. The van der Waals surface area contributed by atoms with E-state index in [0.717, 1.165) is 66.2 Å². The van der Waals surface area contributed by atoms with Gasteiger partial charge in [-0.3, -0.25) is 9.89 Å². The first kappa shape index (κ1) is 19.5. The van der Waals surface area contributed by atoms with Crippen molar-refractivity contribution in [3.8, 4) is 16.9 Å². The molecule has 0 unspecified atom stereocenters. The SMILES string of the molecule is Cc1n[nH]c(C)c1-c1c(C=O)cccc1N1CCC(Oc2ccc(Cl)cc2)CC1. The minimum Gasteiger partial charge on any atom is -0.490 e. The van der Waals surface area contributed by atoms with E-state index in [9.17, 15) is 4.79 Å². The number of aromatic amines is 1. The number of H-pyrrole nitrogens is 1. The molecule has 4 rings (SSSR count). The van der Waals surface area contributed by atoms with E-state index in [0.29, 0.717) is 10.6 Å². The van der Waals surface area contributed by atoms with E-state index in [1.54, 1.807) is 0 Å². The van der Waals surface area contributed by atoms with E-state index >= 15 is 0 Å². The van der Waals surface area contributed by atoms with E-state index < -0.39 is 0 Å². The van der Waals surface area contributed by atoms with Gasteiger partial charge in [0.1, 0.15) is 11.9 Å². The number of nitrogens with zero attached hydrogens (tertiary/aromatic N) is 2. The number of hydrogen-bond donors (Lipinski definition) is 1. The summed E-state index contributed by atoms with van der Waals surface area (Å²) >= 11 is 5.95. The monoisotopic (exact) mass is 409 g/mol. The Morgan fingerprint density at radius 3 is 2.45 bits per heavy atom. The predicted octanol–water partition coefficient (Wildman–Crippen LogP) is 5.21. The van der Waals surface area contributed by atoms with Gasteiger partial charge in [0.15, 0.2) is 6.29 Å². The normalized spacial score (nSPS) is 14.8. The molecule has 2 heterocycles. The summed E-state index contributed by atoms with van der Waals surface area (Å²) in [5.41, 5.74) is 5.62. The van der Waals surface area contributed by atoms with E-state index in [-0.39, 0.29) is 6.10 Å². The summed E-state index contributed by atoms with van der Waals surface area (Å²) in [4.78, 5) is 14.1. The van der Waals surface area contributed by atoms with Crippen molar-refractivity contribution >= 4 is 23.6 Å². The third-order valence-corrected chi connectivity index (χ3v) is 5.73. The summed E-state index contributed by atoms with van der Waals surface area (Å²) in [5, 5.41) is 8.08. The number of carbonyl (C=O) groups is 1. The maximum Gasteiger partial charge on any atom is 0.150 e. The first-order valence-electron chi connectivity index (χ1n) is 9.84. The maximum atomic E-state index is 11.8. The fourth-order valence-corrected chi connectivity index (χ4v) is 4.16. The molecule has 0 bridgehead atoms. The van der Waals surface area contributed by atoms with Gasteiger partial charge < -0.3 is 9.64 Å². The highest BCUT2D eigenvalue weighted by Gasteiger charge is 2.25. The zero-order valence-electron chi connectivity index (χ0n) is 16.6. The van der Waals surface area contributed by atoms with Gasteiger partial charge in [-0.2, -0.15) is 5.10 Å². The Bertz CT molecular complexity index is 986. The van der Waals surface area contributed by atoms with Crippen LogP contribution in [0, 0.1) is 13.8 Å². The number of aldehydes is 1. The first-order chi connectivity index (χ1) is 14.1. The number of nitrogens with one attached hydrogen (secondary N) is 1. The van der Waals surface area contributed by atoms with Gasteiger partial charge in [-0.05, 0) is 44.2 Å². The number of piperidine rings is 1. The van der Waals surface area contributed by atoms with Gasteiger partial charge >= 0.3 is 0 Å². The lowest BCUT2D eigenvalue weighted by molar-refractivity contribution is 0.112. The molecule has 1 fully saturated rings. The summed E-state index contributed by atoms with van der Waals surface area (Å²) in [5.74, 6) is 0.848. The second kappa shape index (κ2) is 8.29. The Morgan fingerprint density at radius 2 is 1.83 bits per heavy atom. The van der Waals surface area contributed by atoms with E-state index in [2.05, 4.69) is 21.2 Å². The van der Waals surface area contributed by atoms with Gasteiger partial charge in [0.25, 0.3) is 0 Å². The van der Waals surface area contributed by atoms with Crippen LogP contribution in [-0.4, -0.2) is 35.7 Å². The van der Waals surface area contributed by atoms with Crippen LogP contribution in [0.15, 0.2) is 42.5 Å². The molecule has 1 N–H and O–H groups in total. The van der Waals surface area contributed by atoms with Gasteiger partial charge in [0, 0.05) is 59.0 Å². The van der Waals surface area contributed by atoms with Crippen molar-refractivity contribution in [2.24, 2.45) is 0 Å². The van der Waals surface area contributed by atoms with Crippen LogP contribution in [0.3, 0.4) is 0 Å². The molecule has 1 aromatic heterocycles. The number of anilines is 1. The smallest absolute Gasteiger partial charge is 0.150 e. The number of ether oxygens (including phenoxy) is 1. The topological polar surface area (TPSA) is 58.2 Å². The molecule has 2 aromatic carbocycles. The van der Waals surface area contributed by atoms with Crippen LogP contribution in [-0.2, 0) is 0 Å². The van der Waals surface area contributed by atoms with Crippen molar-refractivity contribution in [2.75, 3.05) is 18.0 Å². The average molecular weight is 410 g/mol. The minimum atomic E-state index is 0.169. The molecular weight excluding hydrogens is 386 g/mol. The molecule has 29 heavy (non-hydrogen) atoms. The van der Waals surface area contributed by atoms with Gasteiger partial charge in [0.05, 0.1) is 5.69 Å². The molecular formula is C23H24ClN3O2. The van der Waals surface area contributed by atoms with Crippen molar-refractivity contribution in [1.82, 2.24) is 10.2 Å². The fourth-order valence-electron chi connectivity index (χ4n) is 4.03. The van der Waals surface area contributed by atoms with E-state index in [1.807, 2.05) is 50.2 Å². The largest absolute Gasteiger partial charge is 0.490 e. The molecule has 6 heteroatoms. The molecule has 1 aliphatic heterocycles. The van der Waals surface area contributed by atoms with Gasteiger partial charge in [-0.15, -0.1) is 0 Å². The molecule has 1 aliphatic rings. The van der Waals surface area contributed by atoms with E-state index in [1.165, 1.54) is 0 Å². The highest BCUT2D eigenvalue weighted by Crippen LogP contribution is 2.38. The quantitative estimate of drug-likeness (QED) is 0.588. The second-order valence-corrected chi connectivity index (χ2v) is 7.86. The number of halogens is 1. The van der Waals surface area contributed by atoms with Crippen molar-refractivity contribution < 1.29 is 9.53 Å². The second-order valence-electron chi connectivity index (χ2n) is 7.43. The van der Waals surface area contributed by atoms with Crippen LogP contribution in [0.5, 0.6) is 5.75 Å². The van der Waals surface area contributed by atoms with E-state index in [4.69, 9.17) is 16.3 Å². The lowest BCUT2D eigenvalue weighted by Crippen LogP contribution is -2.38. The molecule has 0 atom stereocenters. The van der Waals surface area contributed by atoms with Crippen molar-refractivity contribution in [3.63, 3.8) is 0 Å². The van der Waals surface area contributed by atoms with Gasteiger partial charge in [0.2, 0.25) is 0 Å². The number of aromatic nitrogens is 2. The standard InChI is InChI=1S/C23H24ClN3O2/c1-15-22(16(2)26-25-15)23-17(14-28)4-3-5-21(23)27-12-10-20(11-13-27)29-19-8-6-18(24)7-9-19/h3-9,14,20H,10-13H2,1-2H3,(H,25,26).